The molecule has 0 aliphatic carbocycles. The molecular weight excluding hydrogens is 410 g/mol. The normalized spacial score (nSPS) is 10.9. The number of hydrogen-bond donors (Lipinski definition) is 1. The van der Waals surface area contributed by atoms with Crippen molar-refractivity contribution in [1.82, 2.24) is 4.98 Å². The molecule has 0 fully saturated rings. The van der Waals surface area contributed by atoms with Crippen LogP contribution in [0.15, 0.2) is 64.4 Å². The summed E-state index contributed by atoms with van der Waals surface area (Å²) >= 11 is 1.71. The average Bonchev–Trinajstić information content (AvgIpc) is 3.41. The number of thiophene rings is 1. The maximum Gasteiger partial charge on any atom is 0.307 e. The first-order valence-electron chi connectivity index (χ1n) is 10.0. The van der Waals surface area contributed by atoms with Crippen LogP contribution in [-0.4, -0.2) is 22.7 Å². The number of aromatic nitrogens is 1. The number of nitrogens with zero attached hydrogens (tertiary/aromatic N) is 1. The van der Waals surface area contributed by atoms with E-state index in [1.165, 1.54) is 10.4 Å². The highest BCUT2D eigenvalue weighted by atomic mass is 32.1. The molecule has 2 aromatic heterocycles. The second kappa shape index (κ2) is 9.18. The number of aliphatic carboxylic acids is 1. The SMILES string of the molecule is Cc1ccc(CC(=O)O)cc1OCCc1nc(-c2ccc(-c3cccs3)cc2)oc1C. The van der Waals surface area contributed by atoms with Gasteiger partial charge in [0.15, 0.2) is 0 Å². The third-order valence-corrected chi connectivity index (χ3v) is 5.95. The van der Waals surface area contributed by atoms with Gasteiger partial charge < -0.3 is 14.3 Å². The Labute approximate surface area is 185 Å². The van der Waals surface area contributed by atoms with Crippen LogP contribution in [-0.2, 0) is 17.6 Å². The van der Waals surface area contributed by atoms with E-state index in [0.29, 0.717) is 24.7 Å². The Kier molecular flexibility index (Phi) is 6.18. The number of rotatable bonds is 8. The number of carboxylic acid groups (broad SMARTS) is 1. The van der Waals surface area contributed by atoms with Crippen molar-refractivity contribution in [2.75, 3.05) is 6.61 Å². The van der Waals surface area contributed by atoms with Crippen LogP contribution < -0.4 is 4.74 Å². The molecule has 4 rings (SSSR count). The summed E-state index contributed by atoms with van der Waals surface area (Å²) in [5.41, 5.74) is 4.66. The van der Waals surface area contributed by atoms with Gasteiger partial charge in [-0.2, -0.15) is 0 Å². The highest BCUT2D eigenvalue weighted by Crippen LogP contribution is 2.28. The summed E-state index contributed by atoms with van der Waals surface area (Å²) in [4.78, 5) is 16.8. The molecule has 158 valence electrons. The van der Waals surface area contributed by atoms with Crippen molar-refractivity contribution in [3.05, 3.63) is 82.6 Å². The van der Waals surface area contributed by atoms with Crippen molar-refractivity contribution in [3.8, 4) is 27.6 Å². The lowest BCUT2D eigenvalue weighted by atomic mass is 10.1. The van der Waals surface area contributed by atoms with Crippen LogP contribution in [0.1, 0.15) is 22.6 Å². The topological polar surface area (TPSA) is 72.6 Å². The molecule has 0 atom stereocenters. The summed E-state index contributed by atoms with van der Waals surface area (Å²) < 4.78 is 11.8. The van der Waals surface area contributed by atoms with Gasteiger partial charge >= 0.3 is 5.97 Å². The molecule has 31 heavy (non-hydrogen) atoms. The standard InChI is InChI=1S/C25H23NO4S/c1-16-5-6-18(15-24(27)28)14-22(16)29-12-11-21-17(2)30-25(26-21)20-9-7-19(8-10-20)23-4-3-13-31-23/h3-10,13-14H,11-12,15H2,1-2H3,(H,27,28). The number of carbonyl (C=O) groups is 1. The van der Waals surface area contributed by atoms with E-state index in [9.17, 15) is 4.79 Å². The third-order valence-electron chi connectivity index (χ3n) is 5.03. The molecule has 0 unspecified atom stereocenters. The first-order chi connectivity index (χ1) is 15.0. The van der Waals surface area contributed by atoms with Gasteiger partial charge in [0.05, 0.1) is 18.7 Å². The molecule has 1 N–H and O–H groups in total. The van der Waals surface area contributed by atoms with E-state index >= 15 is 0 Å². The highest BCUT2D eigenvalue weighted by Gasteiger charge is 2.13. The van der Waals surface area contributed by atoms with Crippen molar-refractivity contribution in [2.24, 2.45) is 0 Å². The molecule has 0 saturated heterocycles. The summed E-state index contributed by atoms with van der Waals surface area (Å²) in [5.74, 6) is 1.22. The van der Waals surface area contributed by atoms with E-state index in [0.717, 1.165) is 28.1 Å². The number of aryl methyl sites for hydroxylation is 2. The van der Waals surface area contributed by atoms with E-state index < -0.39 is 5.97 Å². The second-order valence-corrected chi connectivity index (χ2v) is 8.29. The quantitative estimate of drug-likeness (QED) is 0.372. The lowest BCUT2D eigenvalue weighted by Crippen LogP contribution is -2.05. The molecule has 0 saturated carbocycles. The molecule has 0 radical (unpaired) electrons. The number of carboxylic acids is 1. The molecule has 0 spiro atoms. The number of ether oxygens (including phenoxy) is 1. The monoisotopic (exact) mass is 433 g/mol. The van der Waals surface area contributed by atoms with Gasteiger partial charge in [0.2, 0.25) is 5.89 Å². The Bertz CT molecular complexity index is 1180. The zero-order valence-electron chi connectivity index (χ0n) is 17.4. The summed E-state index contributed by atoms with van der Waals surface area (Å²) in [6.45, 7) is 4.28. The van der Waals surface area contributed by atoms with Crippen molar-refractivity contribution in [2.45, 2.75) is 26.7 Å². The van der Waals surface area contributed by atoms with Crippen LogP contribution in [0.2, 0.25) is 0 Å². The van der Waals surface area contributed by atoms with E-state index in [4.69, 9.17) is 14.3 Å². The molecular formula is C25H23NO4S. The summed E-state index contributed by atoms with van der Waals surface area (Å²) in [5, 5.41) is 11.1. The Morgan fingerprint density at radius 2 is 1.87 bits per heavy atom. The molecule has 6 heteroatoms. The van der Waals surface area contributed by atoms with Gasteiger partial charge in [0.1, 0.15) is 11.5 Å². The van der Waals surface area contributed by atoms with Crippen LogP contribution in [0, 0.1) is 13.8 Å². The number of benzene rings is 2. The second-order valence-electron chi connectivity index (χ2n) is 7.35. The number of hydrogen-bond acceptors (Lipinski definition) is 5. The predicted octanol–water partition coefficient (Wildman–Crippen LogP) is 5.94. The minimum Gasteiger partial charge on any atom is -0.493 e. The van der Waals surface area contributed by atoms with Crippen molar-refractivity contribution < 1.29 is 19.1 Å². The minimum atomic E-state index is -0.857. The van der Waals surface area contributed by atoms with Gasteiger partial charge in [0.25, 0.3) is 0 Å². The summed E-state index contributed by atoms with van der Waals surface area (Å²) in [7, 11) is 0. The van der Waals surface area contributed by atoms with Gasteiger partial charge in [-0.1, -0.05) is 30.3 Å². The molecule has 0 aliphatic rings. The van der Waals surface area contributed by atoms with Gasteiger partial charge in [-0.3, -0.25) is 4.79 Å². The Balaban J connectivity index is 1.41. The molecule has 0 bridgehead atoms. The molecule has 0 aliphatic heterocycles. The maximum absolute atomic E-state index is 10.9. The van der Waals surface area contributed by atoms with Gasteiger partial charge in [-0.25, -0.2) is 4.98 Å². The Morgan fingerprint density at radius 1 is 1.10 bits per heavy atom. The fourth-order valence-electron chi connectivity index (χ4n) is 3.35. The maximum atomic E-state index is 10.9. The predicted molar refractivity (Wildman–Crippen MR) is 122 cm³/mol. The fraction of sp³-hybridized carbons (Fsp3) is 0.200. The highest BCUT2D eigenvalue weighted by molar-refractivity contribution is 7.13. The van der Waals surface area contributed by atoms with E-state index in [-0.39, 0.29) is 6.42 Å². The van der Waals surface area contributed by atoms with E-state index in [2.05, 4.69) is 28.6 Å². The van der Waals surface area contributed by atoms with Crippen molar-refractivity contribution in [3.63, 3.8) is 0 Å². The van der Waals surface area contributed by atoms with Gasteiger partial charge in [-0.05, 0) is 60.2 Å². The zero-order valence-corrected chi connectivity index (χ0v) is 18.2. The van der Waals surface area contributed by atoms with Crippen LogP contribution >= 0.6 is 11.3 Å². The Hall–Kier alpha value is -3.38. The molecule has 0 amide bonds. The smallest absolute Gasteiger partial charge is 0.307 e. The third kappa shape index (κ3) is 5.03. The van der Waals surface area contributed by atoms with Crippen molar-refractivity contribution in [1.29, 1.82) is 0 Å². The zero-order chi connectivity index (χ0) is 21.8. The molecule has 2 heterocycles. The van der Waals surface area contributed by atoms with E-state index in [1.54, 1.807) is 17.4 Å². The lowest BCUT2D eigenvalue weighted by molar-refractivity contribution is -0.136. The first-order valence-corrected chi connectivity index (χ1v) is 10.9. The molecule has 4 aromatic rings. The van der Waals surface area contributed by atoms with Crippen LogP contribution in [0.4, 0.5) is 0 Å². The summed E-state index contributed by atoms with van der Waals surface area (Å²) in [6.07, 6.45) is 0.582. The average molecular weight is 434 g/mol. The molecule has 5 nitrogen and oxygen atoms in total. The van der Waals surface area contributed by atoms with Crippen LogP contribution in [0.3, 0.4) is 0 Å². The van der Waals surface area contributed by atoms with Gasteiger partial charge in [0, 0.05) is 16.9 Å². The van der Waals surface area contributed by atoms with Gasteiger partial charge in [-0.15, -0.1) is 11.3 Å². The van der Waals surface area contributed by atoms with Crippen molar-refractivity contribution >= 4 is 17.3 Å². The van der Waals surface area contributed by atoms with Crippen LogP contribution in [0.25, 0.3) is 21.9 Å². The molecule has 2 aromatic carbocycles. The number of oxazole rings is 1. The largest absolute Gasteiger partial charge is 0.493 e. The minimum absolute atomic E-state index is 0.0202. The Morgan fingerprint density at radius 3 is 2.58 bits per heavy atom. The first kappa shape index (κ1) is 20.9. The lowest BCUT2D eigenvalue weighted by Gasteiger charge is -2.10. The fourth-order valence-corrected chi connectivity index (χ4v) is 4.08. The summed E-state index contributed by atoms with van der Waals surface area (Å²) in [6, 6.07) is 17.8. The van der Waals surface area contributed by atoms with Crippen LogP contribution in [0.5, 0.6) is 5.75 Å². The van der Waals surface area contributed by atoms with E-state index in [1.807, 2.05) is 44.2 Å².